The molecule has 3 aromatic carbocycles. The molecule has 0 saturated carbocycles. The lowest BCUT2D eigenvalue weighted by molar-refractivity contribution is 0.0972. The summed E-state index contributed by atoms with van der Waals surface area (Å²) in [6.07, 6.45) is 1.62. The zero-order valence-electron chi connectivity index (χ0n) is 16.5. The molecule has 4 aromatic rings. The molecule has 1 heterocycles. The van der Waals surface area contributed by atoms with Crippen LogP contribution in [0.3, 0.4) is 0 Å². The smallest absolute Gasteiger partial charge is 0.281 e. The predicted molar refractivity (Wildman–Crippen MR) is 118 cm³/mol. The highest BCUT2D eigenvalue weighted by Crippen LogP contribution is 2.25. The molecule has 0 aliphatic rings. The minimum absolute atomic E-state index is 0.312. The number of ether oxygens (including phenoxy) is 1. The van der Waals surface area contributed by atoms with Gasteiger partial charge < -0.3 is 9.30 Å². The molecule has 0 radical (unpaired) electrons. The van der Waals surface area contributed by atoms with Crippen LogP contribution in [0.2, 0.25) is 0 Å². The number of para-hydroxylation sites is 1. The predicted octanol–water partition coefficient (Wildman–Crippen LogP) is 3.95. The van der Waals surface area contributed by atoms with Crippen molar-refractivity contribution < 1.29 is 17.9 Å². The minimum Gasteiger partial charge on any atom is -0.493 e. The van der Waals surface area contributed by atoms with Gasteiger partial charge >= 0.3 is 0 Å². The lowest BCUT2D eigenvalue weighted by Crippen LogP contribution is -2.31. The number of carbonyl (C=O) groups excluding carboxylic acids is 1. The molecule has 30 heavy (non-hydrogen) atoms. The first kappa shape index (κ1) is 20.0. The van der Waals surface area contributed by atoms with Crippen molar-refractivity contribution in [2.24, 2.45) is 0 Å². The molecule has 0 bridgehead atoms. The number of amides is 1. The van der Waals surface area contributed by atoms with Crippen LogP contribution >= 0.6 is 0 Å². The molecule has 0 atom stereocenters. The zero-order valence-corrected chi connectivity index (χ0v) is 17.4. The summed E-state index contributed by atoms with van der Waals surface area (Å²) >= 11 is 0. The van der Waals surface area contributed by atoms with Gasteiger partial charge in [0.25, 0.3) is 5.91 Å². The summed E-state index contributed by atoms with van der Waals surface area (Å²) in [7, 11) is -3.65. The van der Waals surface area contributed by atoms with E-state index >= 15 is 0 Å². The molecule has 0 aliphatic heterocycles. The summed E-state index contributed by atoms with van der Waals surface area (Å²) in [5, 5.41) is 3.05. The van der Waals surface area contributed by atoms with E-state index in [0.717, 1.165) is 33.7 Å². The molecular weight excluding hydrogens is 400 g/mol. The van der Waals surface area contributed by atoms with Crippen LogP contribution in [0, 0.1) is 0 Å². The average molecular weight is 423 g/mol. The monoisotopic (exact) mass is 422 g/mol. The number of nitrogens with one attached hydrogen (secondary N) is 1. The molecule has 154 valence electrons. The maximum absolute atomic E-state index is 12.5. The Hall–Kier alpha value is -3.32. The van der Waals surface area contributed by atoms with Crippen molar-refractivity contribution in [3.8, 4) is 5.75 Å². The molecule has 0 saturated heterocycles. The first-order chi connectivity index (χ1) is 14.4. The first-order valence-corrected chi connectivity index (χ1v) is 11.5. The van der Waals surface area contributed by atoms with Crippen molar-refractivity contribution in [2.45, 2.75) is 13.0 Å². The number of sulfonamides is 1. The maximum Gasteiger partial charge on any atom is 0.281 e. The van der Waals surface area contributed by atoms with E-state index in [4.69, 9.17) is 4.74 Å². The molecule has 6 nitrogen and oxygen atoms in total. The highest BCUT2D eigenvalue weighted by Gasteiger charge is 2.18. The normalized spacial score (nSPS) is 11.6. The average Bonchev–Trinajstić information content (AvgIpc) is 3.09. The van der Waals surface area contributed by atoms with Gasteiger partial charge in [-0.1, -0.05) is 54.6 Å². The summed E-state index contributed by atoms with van der Waals surface area (Å²) < 4.78 is 32.9. The Morgan fingerprint density at radius 3 is 2.47 bits per heavy atom. The Labute approximate surface area is 175 Å². The van der Waals surface area contributed by atoms with Crippen molar-refractivity contribution in [1.29, 1.82) is 0 Å². The largest absolute Gasteiger partial charge is 0.493 e. The number of hydrogen-bond acceptors (Lipinski definition) is 4. The number of aryl methyl sites for hydroxylation is 1. The van der Waals surface area contributed by atoms with Gasteiger partial charge in [0, 0.05) is 22.8 Å². The SMILES string of the molecule is CS(=O)(=O)NC(=O)c1cc2ccccc2n1CCCOc1cccc2ccccc12. The number of carbonyl (C=O) groups is 1. The van der Waals surface area contributed by atoms with E-state index in [9.17, 15) is 13.2 Å². The lowest BCUT2D eigenvalue weighted by atomic mass is 10.1. The standard InChI is InChI=1S/C23H22N2O4S/c1-30(27,28)24-23(26)21-16-18-9-3-5-12-20(18)25(21)14-7-15-29-22-13-6-10-17-8-2-4-11-19(17)22/h2-6,8-13,16H,7,14-15H2,1H3,(H,24,26). The molecular formula is C23H22N2O4S. The van der Waals surface area contributed by atoms with E-state index in [-0.39, 0.29) is 0 Å². The molecule has 0 aliphatic carbocycles. The Balaban J connectivity index is 1.52. The van der Waals surface area contributed by atoms with Gasteiger partial charge in [0.1, 0.15) is 11.4 Å². The Bertz CT molecular complexity index is 1320. The Kier molecular flexibility index (Phi) is 5.46. The highest BCUT2D eigenvalue weighted by atomic mass is 32.2. The van der Waals surface area contributed by atoms with E-state index in [1.807, 2.05) is 71.3 Å². The minimum atomic E-state index is -3.65. The number of benzene rings is 3. The van der Waals surface area contributed by atoms with Crippen LogP contribution in [0.4, 0.5) is 0 Å². The van der Waals surface area contributed by atoms with Crippen LogP contribution < -0.4 is 9.46 Å². The number of fused-ring (bicyclic) bond motifs is 2. The van der Waals surface area contributed by atoms with Crippen LogP contribution in [0.1, 0.15) is 16.9 Å². The maximum atomic E-state index is 12.5. The Morgan fingerprint density at radius 2 is 1.67 bits per heavy atom. The van der Waals surface area contributed by atoms with Gasteiger partial charge in [0.15, 0.2) is 0 Å². The van der Waals surface area contributed by atoms with Crippen LogP contribution in [-0.2, 0) is 16.6 Å². The second-order valence-electron chi connectivity index (χ2n) is 7.12. The third-order valence-corrected chi connectivity index (χ3v) is 5.41. The third-order valence-electron chi connectivity index (χ3n) is 4.85. The molecule has 0 unspecified atom stereocenters. The number of nitrogens with zero attached hydrogens (tertiary/aromatic N) is 1. The quantitative estimate of drug-likeness (QED) is 0.458. The summed E-state index contributed by atoms with van der Waals surface area (Å²) in [6, 6.07) is 23.3. The van der Waals surface area contributed by atoms with Crippen LogP contribution in [0.15, 0.2) is 72.8 Å². The molecule has 1 aromatic heterocycles. The van der Waals surface area contributed by atoms with Gasteiger partial charge in [-0.25, -0.2) is 13.1 Å². The van der Waals surface area contributed by atoms with E-state index in [0.29, 0.717) is 25.3 Å². The molecule has 1 amide bonds. The van der Waals surface area contributed by atoms with Crippen molar-refractivity contribution in [2.75, 3.05) is 12.9 Å². The summed E-state index contributed by atoms with van der Waals surface area (Å²) in [5.41, 5.74) is 1.19. The van der Waals surface area contributed by atoms with Crippen LogP contribution in [0.25, 0.3) is 21.7 Å². The van der Waals surface area contributed by atoms with Gasteiger partial charge in [-0.2, -0.15) is 0 Å². The molecule has 7 heteroatoms. The van der Waals surface area contributed by atoms with Crippen molar-refractivity contribution in [3.63, 3.8) is 0 Å². The topological polar surface area (TPSA) is 77.4 Å². The highest BCUT2D eigenvalue weighted by molar-refractivity contribution is 7.89. The second kappa shape index (κ2) is 8.20. The van der Waals surface area contributed by atoms with Crippen molar-refractivity contribution >= 4 is 37.6 Å². The summed E-state index contributed by atoms with van der Waals surface area (Å²) in [6.45, 7) is 0.985. The number of aromatic nitrogens is 1. The molecule has 0 spiro atoms. The fourth-order valence-electron chi connectivity index (χ4n) is 3.59. The van der Waals surface area contributed by atoms with Gasteiger partial charge in [0.2, 0.25) is 10.0 Å². The van der Waals surface area contributed by atoms with Gasteiger partial charge in [-0.05, 0) is 30.0 Å². The van der Waals surface area contributed by atoms with Gasteiger partial charge in [-0.3, -0.25) is 4.79 Å². The van der Waals surface area contributed by atoms with Gasteiger partial charge in [0.05, 0.1) is 12.9 Å². The zero-order chi connectivity index (χ0) is 21.1. The number of hydrogen-bond donors (Lipinski definition) is 1. The van der Waals surface area contributed by atoms with Crippen molar-refractivity contribution in [1.82, 2.24) is 9.29 Å². The van der Waals surface area contributed by atoms with E-state index in [1.54, 1.807) is 6.07 Å². The summed E-state index contributed by atoms with van der Waals surface area (Å²) in [5.74, 6) is 0.184. The molecule has 1 N–H and O–H groups in total. The van der Waals surface area contributed by atoms with Crippen LogP contribution in [-0.4, -0.2) is 31.8 Å². The van der Waals surface area contributed by atoms with Gasteiger partial charge in [-0.15, -0.1) is 0 Å². The van der Waals surface area contributed by atoms with Crippen LogP contribution in [0.5, 0.6) is 5.75 Å². The fraction of sp³-hybridized carbons (Fsp3) is 0.174. The lowest BCUT2D eigenvalue weighted by Gasteiger charge is -2.12. The third kappa shape index (κ3) is 4.31. The number of rotatable bonds is 7. The second-order valence-corrected chi connectivity index (χ2v) is 8.87. The van der Waals surface area contributed by atoms with E-state index in [2.05, 4.69) is 4.72 Å². The Morgan fingerprint density at radius 1 is 0.967 bits per heavy atom. The van der Waals surface area contributed by atoms with E-state index < -0.39 is 15.9 Å². The van der Waals surface area contributed by atoms with Crippen molar-refractivity contribution in [3.05, 3.63) is 78.5 Å². The first-order valence-electron chi connectivity index (χ1n) is 9.63. The summed E-state index contributed by atoms with van der Waals surface area (Å²) in [4.78, 5) is 12.5. The van der Waals surface area contributed by atoms with E-state index in [1.165, 1.54) is 0 Å². The molecule has 0 fully saturated rings. The molecule has 4 rings (SSSR count). The fourth-order valence-corrected chi connectivity index (χ4v) is 4.03.